The van der Waals surface area contributed by atoms with E-state index < -0.39 is 0 Å². The van der Waals surface area contributed by atoms with Crippen molar-refractivity contribution in [1.82, 2.24) is 20.2 Å². The minimum Gasteiger partial charge on any atom is -0.368 e. The van der Waals surface area contributed by atoms with Gasteiger partial charge in [-0.15, -0.1) is 0 Å². The van der Waals surface area contributed by atoms with Crippen LogP contribution in [0.15, 0.2) is 66.7 Å². The second kappa shape index (κ2) is 11.3. The molecule has 0 radical (unpaired) electrons. The first-order valence-electron chi connectivity index (χ1n) is 11.6. The van der Waals surface area contributed by atoms with Crippen LogP contribution in [0.2, 0.25) is 0 Å². The zero-order valence-electron chi connectivity index (χ0n) is 19.4. The molecule has 0 bridgehead atoms. The smallest absolute Gasteiger partial charge is 0.227 e. The summed E-state index contributed by atoms with van der Waals surface area (Å²) in [5.74, 6) is 2.26. The van der Waals surface area contributed by atoms with Crippen LogP contribution >= 0.6 is 0 Å². The fourth-order valence-electron chi connectivity index (χ4n) is 3.90. The molecule has 0 aliphatic carbocycles. The van der Waals surface area contributed by atoms with Crippen molar-refractivity contribution in [2.45, 2.75) is 13.3 Å². The predicted molar refractivity (Wildman–Crippen MR) is 134 cm³/mol. The van der Waals surface area contributed by atoms with Gasteiger partial charge in [-0.2, -0.15) is 0 Å². The van der Waals surface area contributed by atoms with Crippen molar-refractivity contribution in [3.05, 3.63) is 72.3 Å². The van der Waals surface area contributed by atoms with Gasteiger partial charge in [-0.3, -0.25) is 9.59 Å². The van der Waals surface area contributed by atoms with Gasteiger partial charge >= 0.3 is 0 Å². The van der Waals surface area contributed by atoms with Gasteiger partial charge in [0.25, 0.3) is 0 Å². The summed E-state index contributed by atoms with van der Waals surface area (Å²) in [6.45, 7) is 5.29. The topological polar surface area (TPSA) is 90.5 Å². The van der Waals surface area contributed by atoms with Crippen molar-refractivity contribution in [3.63, 3.8) is 0 Å². The molecule has 2 heterocycles. The highest BCUT2D eigenvalue weighted by Gasteiger charge is 2.23. The Morgan fingerprint density at radius 1 is 0.882 bits per heavy atom. The minimum absolute atomic E-state index is 0.0603. The SMILES string of the molecule is CC(=O)NCCNc1cc(N2CCN(C(=O)Cc3ccccc3)CC2)nc(-c2ccccc2)n1. The van der Waals surface area contributed by atoms with E-state index in [0.717, 1.165) is 16.9 Å². The molecule has 0 unspecified atom stereocenters. The monoisotopic (exact) mass is 458 g/mol. The Labute approximate surface area is 200 Å². The Morgan fingerprint density at radius 3 is 2.24 bits per heavy atom. The van der Waals surface area contributed by atoms with Crippen molar-refractivity contribution < 1.29 is 9.59 Å². The lowest BCUT2D eigenvalue weighted by Gasteiger charge is -2.35. The number of carbonyl (C=O) groups excluding carboxylic acids is 2. The van der Waals surface area contributed by atoms with Gasteiger partial charge in [0, 0.05) is 57.8 Å². The van der Waals surface area contributed by atoms with Gasteiger partial charge < -0.3 is 20.4 Å². The highest BCUT2D eigenvalue weighted by molar-refractivity contribution is 5.79. The van der Waals surface area contributed by atoms with Crippen LogP contribution in [-0.4, -0.2) is 66.0 Å². The van der Waals surface area contributed by atoms with Crippen LogP contribution in [0.4, 0.5) is 11.6 Å². The zero-order chi connectivity index (χ0) is 23.8. The molecular formula is C26H30N6O2. The van der Waals surface area contributed by atoms with Gasteiger partial charge in [0.2, 0.25) is 11.8 Å². The number of piperazine rings is 1. The second-order valence-electron chi connectivity index (χ2n) is 8.24. The van der Waals surface area contributed by atoms with Gasteiger partial charge in [0.1, 0.15) is 11.6 Å². The van der Waals surface area contributed by atoms with Gasteiger partial charge in [0.05, 0.1) is 6.42 Å². The molecule has 1 aromatic heterocycles. The molecule has 2 N–H and O–H groups in total. The summed E-state index contributed by atoms with van der Waals surface area (Å²) in [4.78, 5) is 37.5. The third kappa shape index (κ3) is 6.31. The van der Waals surface area contributed by atoms with Crippen molar-refractivity contribution in [1.29, 1.82) is 0 Å². The Hall–Kier alpha value is -3.94. The summed E-state index contributed by atoms with van der Waals surface area (Å²) in [6.07, 6.45) is 0.425. The standard InChI is InChI=1S/C26H30N6O2/c1-20(33)27-12-13-28-23-19-24(30-26(29-23)22-10-6-3-7-11-22)31-14-16-32(17-15-31)25(34)18-21-8-4-2-5-9-21/h2-11,19H,12-18H2,1H3,(H,27,33)(H,28,29,30). The fraction of sp³-hybridized carbons (Fsp3) is 0.308. The average molecular weight is 459 g/mol. The predicted octanol–water partition coefficient (Wildman–Crippen LogP) is 2.58. The maximum absolute atomic E-state index is 12.7. The molecule has 0 atom stereocenters. The molecule has 0 saturated carbocycles. The van der Waals surface area contributed by atoms with Gasteiger partial charge in [-0.1, -0.05) is 60.7 Å². The lowest BCUT2D eigenvalue weighted by atomic mass is 10.1. The molecule has 1 fully saturated rings. The fourth-order valence-corrected chi connectivity index (χ4v) is 3.90. The van der Waals surface area contributed by atoms with E-state index in [4.69, 9.17) is 4.98 Å². The minimum atomic E-state index is -0.0603. The van der Waals surface area contributed by atoms with E-state index >= 15 is 0 Å². The first kappa shape index (κ1) is 23.2. The highest BCUT2D eigenvalue weighted by Crippen LogP contribution is 2.23. The van der Waals surface area contributed by atoms with E-state index in [1.807, 2.05) is 71.6 Å². The lowest BCUT2D eigenvalue weighted by Crippen LogP contribution is -2.49. The summed E-state index contributed by atoms with van der Waals surface area (Å²) < 4.78 is 0. The van der Waals surface area contributed by atoms with E-state index in [-0.39, 0.29) is 11.8 Å². The normalized spacial score (nSPS) is 13.4. The van der Waals surface area contributed by atoms with Gasteiger partial charge in [-0.05, 0) is 5.56 Å². The van der Waals surface area contributed by atoms with Gasteiger partial charge in [-0.25, -0.2) is 9.97 Å². The summed E-state index contributed by atoms with van der Waals surface area (Å²) >= 11 is 0. The van der Waals surface area contributed by atoms with Crippen molar-refractivity contribution in [2.75, 3.05) is 49.5 Å². The molecule has 1 saturated heterocycles. The molecule has 1 aliphatic rings. The Balaban J connectivity index is 1.44. The highest BCUT2D eigenvalue weighted by atomic mass is 16.2. The van der Waals surface area contributed by atoms with Crippen molar-refractivity contribution in [3.8, 4) is 11.4 Å². The molecule has 3 aromatic rings. The van der Waals surface area contributed by atoms with E-state index in [2.05, 4.69) is 20.5 Å². The average Bonchev–Trinajstić information content (AvgIpc) is 2.87. The molecule has 0 spiro atoms. The van der Waals surface area contributed by atoms with Crippen LogP contribution in [0.1, 0.15) is 12.5 Å². The molecule has 176 valence electrons. The van der Waals surface area contributed by atoms with E-state index in [1.165, 1.54) is 6.92 Å². The van der Waals surface area contributed by atoms with Crippen LogP contribution in [0.25, 0.3) is 11.4 Å². The van der Waals surface area contributed by atoms with Crippen LogP contribution in [-0.2, 0) is 16.0 Å². The Kier molecular flexibility index (Phi) is 7.70. The number of nitrogens with zero attached hydrogens (tertiary/aromatic N) is 4. The van der Waals surface area contributed by atoms with Crippen LogP contribution in [0.3, 0.4) is 0 Å². The third-order valence-corrected chi connectivity index (χ3v) is 5.70. The number of rotatable bonds is 8. The molecule has 8 nitrogen and oxygen atoms in total. The van der Waals surface area contributed by atoms with Crippen molar-refractivity contribution in [2.24, 2.45) is 0 Å². The number of benzene rings is 2. The number of amides is 2. The maximum atomic E-state index is 12.7. The number of hydrogen-bond donors (Lipinski definition) is 2. The molecule has 34 heavy (non-hydrogen) atoms. The molecular weight excluding hydrogens is 428 g/mol. The first-order valence-corrected chi connectivity index (χ1v) is 11.6. The quantitative estimate of drug-likeness (QED) is 0.505. The number of nitrogens with one attached hydrogen (secondary N) is 2. The van der Waals surface area contributed by atoms with E-state index in [1.54, 1.807) is 0 Å². The molecule has 8 heteroatoms. The van der Waals surface area contributed by atoms with Crippen LogP contribution in [0.5, 0.6) is 0 Å². The summed E-state index contributed by atoms with van der Waals surface area (Å²) in [6, 6.07) is 21.7. The Bertz CT molecular complexity index is 1100. The van der Waals surface area contributed by atoms with Crippen LogP contribution < -0.4 is 15.5 Å². The molecule has 2 amide bonds. The number of hydrogen-bond acceptors (Lipinski definition) is 6. The second-order valence-corrected chi connectivity index (χ2v) is 8.24. The summed E-state index contributed by atoms with van der Waals surface area (Å²) in [5.41, 5.74) is 1.97. The Morgan fingerprint density at radius 2 is 1.56 bits per heavy atom. The number of aromatic nitrogens is 2. The molecule has 2 aromatic carbocycles. The molecule has 1 aliphatic heterocycles. The third-order valence-electron chi connectivity index (χ3n) is 5.70. The van der Waals surface area contributed by atoms with Crippen LogP contribution in [0, 0.1) is 0 Å². The zero-order valence-corrected chi connectivity index (χ0v) is 19.4. The van der Waals surface area contributed by atoms with Gasteiger partial charge in [0.15, 0.2) is 5.82 Å². The van der Waals surface area contributed by atoms with E-state index in [0.29, 0.717) is 57.3 Å². The maximum Gasteiger partial charge on any atom is 0.227 e. The summed E-state index contributed by atoms with van der Waals surface area (Å²) in [5, 5.41) is 6.07. The number of anilines is 2. The lowest BCUT2D eigenvalue weighted by molar-refractivity contribution is -0.130. The van der Waals surface area contributed by atoms with E-state index in [9.17, 15) is 9.59 Å². The summed E-state index contributed by atoms with van der Waals surface area (Å²) in [7, 11) is 0. The van der Waals surface area contributed by atoms with Crippen molar-refractivity contribution >= 4 is 23.5 Å². The number of carbonyl (C=O) groups is 2. The largest absolute Gasteiger partial charge is 0.368 e. The molecule has 4 rings (SSSR count). The first-order chi connectivity index (χ1) is 16.6.